The van der Waals surface area contributed by atoms with Crippen LogP contribution >= 0.6 is 11.3 Å². The Morgan fingerprint density at radius 2 is 2.03 bits per heavy atom. The first-order valence-corrected chi connectivity index (χ1v) is 11.1. The van der Waals surface area contributed by atoms with Gasteiger partial charge in [0.15, 0.2) is 0 Å². The molecular weight excluding hydrogens is 398 g/mol. The average Bonchev–Trinajstić information content (AvgIpc) is 3.31. The normalized spacial score (nSPS) is 14.2. The summed E-state index contributed by atoms with van der Waals surface area (Å²) in [5.41, 5.74) is 3.81. The van der Waals surface area contributed by atoms with E-state index in [0.717, 1.165) is 23.3 Å². The number of hydrogen-bond acceptors (Lipinski definition) is 5. The summed E-state index contributed by atoms with van der Waals surface area (Å²) in [5.74, 6) is -0.308. The van der Waals surface area contributed by atoms with Crippen molar-refractivity contribution < 1.29 is 9.53 Å². The lowest BCUT2D eigenvalue weighted by Gasteiger charge is -2.22. The molecule has 1 aromatic carbocycles. The van der Waals surface area contributed by atoms with Gasteiger partial charge in [0, 0.05) is 18.1 Å². The topological polar surface area (TPSA) is 73.2 Å². The van der Waals surface area contributed by atoms with Crippen molar-refractivity contribution in [2.24, 2.45) is 0 Å². The van der Waals surface area contributed by atoms with E-state index in [1.807, 2.05) is 17.5 Å². The number of ether oxygens (including phenoxy) is 1. The highest BCUT2D eigenvalue weighted by molar-refractivity contribution is 7.10. The summed E-state index contributed by atoms with van der Waals surface area (Å²) >= 11 is 1.61. The SMILES string of the molecule is COCCn1nc(C(=O)NC(c2ccc3c(c2)CCCC3)c2cccs2)ccc1=O. The van der Waals surface area contributed by atoms with Gasteiger partial charge in [-0.3, -0.25) is 9.59 Å². The third-order valence-electron chi connectivity index (χ3n) is 5.42. The van der Waals surface area contributed by atoms with Gasteiger partial charge < -0.3 is 10.1 Å². The number of hydrogen-bond donors (Lipinski definition) is 1. The molecule has 1 aliphatic rings. The lowest BCUT2D eigenvalue weighted by atomic mass is 9.89. The maximum absolute atomic E-state index is 13.0. The molecule has 156 valence electrons. The quantitative estimate of drug-likeness (QED) is 0.633. The predicted molar refractivity (Wildman–Crippen MR) is 117 cm³/mol. The van der Waals surface area contributed by atoms with Crippen molar-refractivity contribution in [1.82, 2.24) is 15.1 Å². The highest BCUT2D eigenvalue weighted by Gasteiger charge is 2.22. The first-order chi connectivity index (χ1) is 14.7. The fraction of sp³-hybridized carbons (Fsp3) is 0.348. The number of nitrogens with one attached hydrogen (secondary N) is 1. The van der Waals surface area contributed by atoms with Crippen LogP contribution < -0.4 is 10.9 Å². The van der Waals surface area contributed by atoms with E-state index >= 15 is 0 Å². The summed E-state index contributed by atoms with van der Waals surface area (Å²) in [6.07, 6.45) is 4.65. The van der Waals surface area contributed by atoms with E-state index in [4.69, 9.17) is 4.74 Å². The van der Waals surface area contributed by atoms with E-state index in [2.05, 4.69) is 28.6 Å². The number of carbonyl (C=O) groups excluding carboxylic acids is 1. The van der Waals surface area contributed by atoms with Crippen LogP contribution in [0.25, 0.3) is 0 Å². The number of aryl methyl sites for hydroxylation is 2. The molecular formula is C23H25N3O3S. The Bertz CT molecular complexity index is 1080. The average molecular weight is 424 g/mol. The molecule has 0 saturated carbocycles. The molecule has 7 heteroatoms. The first-order valence-electron chi connectivity index (χ1n) is 10.2. The van der Waals surface area contributed by atoms with Gasteiger partial charge in [0.2, 0.25) is 0 Å². The van der Waals surface area contributed by atoms with Crippen molar-refractivity contribution in [3.8, 4) is 0 Å². The van der Waals surface area contributed by atoms with Crippen LogP contribution in [0.2, 0.25) is 0 Å². The van der Waals surface area contributed by atoms with Gasteiger partial charge in [0.1, 0.15) is 5.69 Å². The zero-order chi connectivity index (χ0) is 20.9. The minimum absolute atomic E-state index is 0.213. The van der Waals surface area contributed by atoms with Gasteiger partial charge in [-0.25, -0.2) is 4.68 Å². The molecule has 0 spiro atoms. The van der Waals surface area contributed by atoms with E-state index in [1.54, 1.807) is 18.4 Å². The molecule has 3 aromatic rings. The molecule has 0 fully saturated rings. The molecule has 0 aliphatic heterocycles. The van der Waals surface area contributed by atoms with Crippen molar-refractivity contribution in [1.29, 1.82) is 0 Å². The molecule has 1 amide bonds. The zero-order valence-corrected chi connectivity index (χ0v) is 17.8. The van der Waals surface area contributed by atoms with Crippen molar-refractivity contribution in [3.05, 3.63) is 85.5 Å². The molecule has 6 nitrogen and oxygen atoms in total. The minimum atomic E-state index is -0.308. The van der Waals surface area contributed by atoms with E-state index in [9.17, 15) is 9.59 Å². The molecule has 0 bridgehead atoms. The molecule has 2 aromatic heterocycles. The number of nitrogens with zero attached hydrogens (tertiary/aromatic N) is 2. The Hall–Kier alpha value is -2.77. The van der Waals surface area contributed by atoms with Gasteiger partial charge in [-0.05, 0) is 59.9 Å². The van der Waals surface area contributed by atoms with Crippen molar-refractivity contribution >= 4 is 17.2 Å². The number of methoxy groups -OCH3 is 1. The van der Waals surface area contributed by atoms with Crippen LogP contribution in [0.3, 0.4) is 0 Å². The fourth-order valence-corrected chi connectivity index (χ4v) is 4.62. The van der Waals surface area contributed by atoms with E-state index in [-0.39, 0.29) is 23.2 Å². The van der Waals surface area contributed by atoms with Crippen LogP contribution in [-0.4, -0.2) is 29.4 Å². The summed E-state index contributed by atoms with van der Waals surface area (Å²) < 4.78 is 6.28. The Kier molecular flexibility index (Phi) is 6.40. The number of aromatic nitrogens is 2. The first kappa shape index (κ1) is 20.5. The van der Waals surface area contributed by atoms with E-state index < -0.39 is 0 Å². The second-order valence-corrected chi connectivity index (χ2v) is 8.41. The predicted octanol–water partition coefficient (Wildman–Crippen LogP) is 3.35. The third kappa shape index (κ3) is 4.52. The highest BCUT2D eigenvalue weighted by atomic mass is 32.1. The maximum atomic E-state index is 13.0. The Morgan fingerprint density at radius 3 is 2.80 bits per heavy atom. The van der Waals surface area contributed by atoms with Crippen LogP contribution in [0.5, 0.6) is 0 Å². The highest BCUT2D eigenvalue weighted by Crippen LogP contribution is 2.30. The van der Waals surface area contributed by atoms with Crippen LogP contribution in [0.4, 0.5) is 0 Å². The standard InChI is InChI=1S/C23H25N3O3S/c1-29-13-12-26-21(27)11-10-19(25-26)23(28)24-22(20-7-4-14-30-20)18-9-8-16-5-2-3-6-17(16)15-18/h4,7-11,14-15,22H,2-3,5-6,12-13H2,1H3,(H,24,28). The van der Waals surface area contributed by atoms with Gasteiger partial charge in [0.25, 0.3) is 11.5 Å². The van der Waals surface area contributed by atoms with Gasteiger partial charge in [-0.15, -0.1) is 11.3 Å². The summed E-state index contributed by atoms with van der Waals surface area (Å²) in [7, 11) is 1.56. The van der Waals surface area contributed by atoms with E-state index in [0.29, 0.717) is 13.2 Å². The van der Waals surface area contributed by atoms with Gasteiger partial charge in [-0.2, -0.15) is 5.10 Å². The fourth-order valence-electron chi connectivity index (χ4n) is 3.82. The van der Waals surface area contributed by atoms with Gasteiger partial charge in [-0.1, -0.05) is 24.3 Å². The number of carbonyl (C=O) groups is 1. The minimum Gasteiger partial charge on any atom is -0.383 e. The molecule has 0 radical (unpaired) electrons. The van der Waals surface area contributed by atoms with Crippen LogP contribution in [0, 0.1) is 0 Å². The van der Waals surface area contributed by atoms with Crippen molar-refractivity contribution in [2.45, 2.75) is 38.3 Å². The molecule has 2 heterocycles. The largest absolute Gasteiger partial charge is 0.383 e. The monoisotopic (exact) mass is 423 g/mol. The molecule has 30 heavy (non-hydrogen) atoms. The summed E-state index contributed by atoms with van der Waals surface area (Å²) in [6, 6.07) is 13.1. The number of rotatable bonds is 7. The Balaban J connectivity index is 1.62. The number of fused-ring (bicyclic) bond motifs is 1. The lowest BCUT2D eigenvalue weighted by molar-refractivity contribution is 0.0934. The zero-order valence-electron chi connectivity index (χ0n) is 17.0. The summed E-state index contributed by atoms with van der Waals surface area (Å²) in [6.45, 7) is 0.653. The third-order valence-corrected chi connectivity index (χ3v) is 6.35. The molecule has 1 atom stereocenters. The van der Waals surface area contributed by atoms with Crippen LogP contribution in [0.15, 0.2) is 52.6 Å². The lowest BCUT2D eigenvalue weighted by Crippen LogP contribution is -2.33. The number of benzene rings is 1. The Labute approximate surface area is 179 Å². The molecule has 4 rings (SSSR count). The molecule has 1 aliphatic carbocycles. The number of amides is 1. The van der Waals surface area contributed by atoms with Crippen molar-refractivity contribution in [3.63, 3.8) is 0 Å². The van der Waals surface area contributed by atoms with Gasteiger partial charge in [0.05, 0.1) is 19.2 Å². The maximum Gasteiger partial charge on any atom is 0.272 e. The summed E-state index contributed by atoms with van der Waals surface area (Å²) in [4.78, 5) is 26.1. The van der Waals surface area contributed by atoms with E-state index in [1.165, 1.54) is 40.8 Å². The van der Waals surface area contributed by atoms with Crippen molar-refractivity contribution in [2.75, 3.05) is 13.7 Å². The molecule has 1 unspecified atom stereocenters. The van der Waals surface area contributed by atoms with Crippen LogP contribution in [0.1, 0.15) is 50.9 Å². The second kappa shape index (κ2) is 9.36. The Morgan fingerprint density at radius 1 is 1.20 bits per heavy atom. The number of thiophene rings is 1. The second-order valence-electron chi connectivity index (χ2n) is 7.43. The molecule has 1 N–H and O–H groups in total. The summed E-state index contributed by atoms with van der Waals surface area (Å²) in [5, 5.41) is 9.36. The van der Waals surface area contributed by atoms with Crippen LogP contribution in [-0.2, 0) is 24.1 Å². The molecule has 0 saturated heterocycles. The van der Waals surface area contributed by atoms with Gasteiger partial charge >= 0.3 is 0 Å². The smallest absolute Gasteiger partial charge is 0.272 e.